The zero-order chi connectivity index (χ0) is 22.3. The first-order valence-corrected chi connectivity index (χ1v) is 9.60. The van der Waals surface area contributed by atoms with Crippen molar-refractivity contribution >= 4 is 29.3 Å². The van der Waals surface area contributed by atoms with E-state index in [1.54, 1.807) is 24.3 Å². The Balaban J connectivity index is 1.99. The molecule has 7 nitrogen and oxygen atoms in total. The Labute approximate surface area is 175 Å². The van der Waals surface area contributed by atoms with Crippen LogP contribution < -0.4 is 10.6 Å². The quantitative estimate of drug-likeness (QED) is 0.513. The SMILES string of the molecule is CC(=O)NC(CC(=O)OC(C)C(=O)Nc1cccc(C(C)=O)c1)c1ccc(C)cc1. The maximum absolute atomic E-state index is 12.4. The molecule has 0 fully saturated rings. The van der Waals surface area contributed by atoms with E-state index in [0.717, 1.165) is 11.1 Å². The number of ketones is 1. The second-order valence-electron chi connectivity index (χ2n) is 7.13. The van der Waals surface area contributed by atoms with E-state index < -0.39 is 24.0 Å². The zero-order valence-corrected chi connectivity index (χ0v) is 17.5. The molecule has 0 aliphatic carbocycles. The van der Waals surface area contributed by atoms with E-state index in [4.69, 9.17) is 4.74 Å². The molecule has 0 saturated carbocycles. The van der Waals surface area contributed by atoms with Crippen LogP contribution in [0.2, 0.25) is 0 Å². The zero-order valence-electron chi connectivity index (χ0n) is 17.5. The molecule has 0 aliphatic rings. The number of carbonyl (C=O) groups excluding carboxylic acids is 4. The number of Topliss-reactive ketones (excluding diaryl/α,β-unsaturated/α-hetero) is 1. The minimum absolute atomic E-state index is 0.111. The molecule has 2 N–H and O–H groups in total. The number of hydrogen-bond acceptors (Lipinski definition) is 5. The van der Waals surface area contributed by atoms with Crippen molar-refractivity contribution in [3.63, 3.8) is 0 Å². The van der Waals surface area contributed by atoms with E-state index in [9.17, 15) is 19.2 Å². The number of amides is 2. The highest BCUT2D eigenvalue weighted by molar-refractivity contribution is 5.98. The lowest BCUT2D eigenvalue weighted by Crippen LogP contribution is -2.33. The second kappa shape index (κ2) is 10.3. The average Bonchev–Trinajstić information content (AvgIpc) is 2.67. The third-order valence-corrected chi connectivity index (χ3v) is 4.44. The van der Waals surface area contributed by atoms with Crippen LogP contribution in [-0.4, -0.2) is 29.7 Å². The van der Waals surface area contributed by atoms with Crippen molar-refractivity contribution in [3.05, 3.63) is 65.2 Å². The summed E-state index contributed by atoms with van der Waals surface area (Å²) in [6, 6.07) is 13.4. The minimum Gasteiger partial charge on any atom is -0.452 e. The molecule has 0 aliphatic heterocycles. The second-order valence-corrected chi connectivity index (χ2v) is 7.13. The highest BCUT2D eigenvalue weighted by Gasteiger charge is 2.22. The number of hydrogen-bond donors (Lipinski definition) is 2. The number of rotatable bonds is 8. The van der Waals surface area contributed by atoms with Crippen molar-refractivity contribution < 1.29 is 23.9 Å². The van der Waals surface area contributed by atoms with Gasteiger partial charge in [0.05, 0.1) is 12.5 Å². The topological polar surface area (TPSA) is 102 Å². The fraction of sp³-hybridized carbons (Fsp3) is 0.304. The fourth-order valence-corrected chi connectivity index (χ4v) is 2.82. The third kappa shape index (κ3) is 6.84. The van der Waals surface area contributed by atoms with E-state index >= 15 is 0 Å². The molecule has 0 aromatic heterocycles. The van der Waals surface area contributed by atoms with E-state index in [1.807, 2.05) is 31.2 Å². The Kier molecular flexibility index (Phi) is 7.86. The molecule has 2 rings (SSSR count). The molecule has 0 radical (unpaired) electrons. The first-order valence-electron chi connectivity index (χ1n) is 9.60. The van der Waals surface area contributed by atoms with E-state index in [2.05, 4.69) is 10.6 Å². The van der Waals surface area contributed by atoms with Crippen molar-refractivity contribution in [3.8, 4) is 0 Å². The number of ether oxygens (including phenoxy) is 1. The van der Waals surface area contributed by atoms with Crippen LogP contribution in [0.4, 0.5) is 5.69 Å². The Morgan fingerprint density at radius 1 is 1.00 bits per heavy atom. The van der Waals surface area contributed by atoms with Gasteiger partial charge in [-0.3, -0.25) is 19.2 Å². The largest absolute Gasteiger partial charge is 0.452 e. The Hall–Kier alpha value is -3.48. The standard InChI is InChI=1S/C23H26N2O5/c1-14-8-10-18(11-9-14)21(24-17(4)27)13-22(28)30-16(3)23(29)25-20-7-5-6-19(12-20)15(2)26/h5-12,16,21H,13H2,1-4H3,(H,24,27)(H,25,29). The summed E-state index contributed by atoms with van der Waals surface area (Å²) in [5, 5.41) is 5.36. The molecule has 0 heterocycles. The van der Waals surface area contributed by atoms with E-state index in [0.29, 0.717) is 11.3 Å². The summed E-state index contributed by atoms with van der Waals surface area (Å²) in [6.45, 7) is 6.21. The lowest BCUT2D eigenvalue weighted by molar-refractivity contribution is -0.153. The van der Waals surface area contributed by atoms with Gasteiger partial charge in [0.2, 0.25) is 5.91 Å². The summed E-state index contributed by atoms with van der Waals surface area (Å²) in [4.78, 5) is 47.7. The van der Waals surface area contributed by atoms with Gasteiger partial charge in [-0.05, 0) is 38.5 Å². The number of esters is 1. The number of benzene rings is 2. The van der Waals surface area contributed by atoms with E-state index in [1.165, 1.54) is 20.8 Å². The van der Waals surface area contributed by atoms with Crippen LogP contribution in [0.1, 0.15) is 54.7 Å². The Morgan fingerprint density at radius 2 is 1.67 bits per heavy atom. The van der Waals surface area contributed by atoms with Gasteiger partial charge in [0, 0.05) is 18.2 Å². The molecule has 158 valence electrons. The summed E-state index contributed by atoms with van der Waals surface area (Å²) in [5.41, 5.74) is 2.73. The number of anilines is 1. The predicted octanol–water partition coefficient (Wildman–Crippen LogP) is 3.34. The Morgan fingerprint density at radius 3 is 2.27 bits per heavy atom. The van der Waals surface area contributed by atoms with Crippen LogP contribution in [0, 0.1) is 6.92 Å². The number of nitrogens with one attached hydrogen (secondary N) is 2. The van der Waals surface area contributed by atoms with Crippen molar-refractivity contribution in [2.45, 2.75) is 46.3 Å². The number of aryl methyl sites for hydroxylation is 1. The van der Waals surface area contributed by atoms with Gasteiger partial charge < -0.3 is 15.4 Å². The fourth-order valence-electron chi connectivity index (χ4n) is 2.82. The maximum Gasteiger partial charge on any atom is 0.309 e. The van der Waals surface area contributed by atoms with Gasteiger partial charge in [-0.2, -0.15) is 0 Å². The molecule has 2 aromatic rings. The average molecular weight is 410 g/mol. The molecular formula is C23H26N2O5. The molecule has 0 bridgehead atoms. The summed E-state index contributed by atoms with van der Waals surface area (Å²) >= 11 is 0. The van der Waals surface area contributed by atoms with Gasteiger partial charge in [-0.15, -0.1) is 0 Å². The lowest BCUT2D eigenvalue weighted by Gasteiger charge is -2.19. The minimum atomic E-state index is -1.05. The van der Waals surface area contributed by atoms with Crippen LogP contribution in [0.5, 0.6) is 0 Å². The van der Waals surface area contributed by atoms with E-state index in [-0.39, 0.29) is 18.1 Å². The number of carbonyl (C=O) groups is 4. The van der Waals surface area contributed by atoms with Crippen LogP contribution in [0.15, 0.2) is 48.5 Å². The van der Waals surface area contributed by atoms with Crippen LogP contribution in [0.25, 0.3) is 0 Å². The van der Waals surface area contributed by atoms with Crippen LogP contribution >= 0.6 is 0 Å². The molecular weight excluding hydrogens is 384 g/mol. The normalized spacial score (nSPS) is 12.4. The smallest absolute Gasteiger partial charge is 0.309 e. The summed E-state index contributed by atoms with van der Waals surface area (Å²) in [5.74, 6) is -1.53. The summed E-state index contributed by atoms with van der Waals surface area (Å²) in [7, 11) is 0. The highest BCUT2D eigenvalue weighted by Crippen LogP contribution is 2.19. The molecule has 30 heavy (non-hydrogen) atoms. The summed E-state index contributed by atoms with van der Waals surface area (Å²) in [6.07, 6.45) is -1.16. The van der Waals surface area contributed by atoms with Crippen LogP contribution in [0.3, 0.4) is 0 Å². The first kappa shape index (κ1) is 22.8. The lowest BCUT2D eigenvalue weighted by atomic mass is 10.0. The van der Waals surface area contributed by atoms with Gasteiger partial charge in [-0.25, -0.2) is 0 Å². The molecule has 2 unspecified atom stereocenters. The molecule has 0 spiro atoms. The van der Waals surface area contributed by atoms with Gasteiger partial charge in [0.15, 0.2) is 11.9 Å². The molecule has 2 atom stereocenters. The third-order valence-electron chi connectivity index (χ3n) is 4.44. The van der Waals surface area contributed by atoms with Crippen molar-refractivity contribution in [1.82, 2.24) is 5.32 Å². The highest BCUT2D eigenvalue weighted by atomic mass is 16.5. The van der Waals surface area contributed by atoms with Crippen molar-refractivity contribution in [2.75, 3.05) is 5.32 Å². The van der Waals surface area contributed by atoms with Crippen molar-refractivity contribution in [1.29, 1.82) is 0 Å². The van der Waals surface area contributed by atoms with Crippen molar-refractivity contribution in [2.24, 2.45) is 0 Å². The van der Waals surface area contributed by atoms with Gasteiger partial charge in [0.25, 0.3) is 5.91 Å². The van der Waals surface area contributed by atoms with Gasteiger partial charge >= 0.3 is 5.97 Å². The molecule has 7 heteroatoms. The Bertz CT molecular complexity index is 937. The van der Waals surface area contributed by atoms with Gasteiger partial charge in [0.1, 0.15) is 0 Å². The maximum atomic E-state index is 12.4. The van der Waals surface area contributed by atoms with Crippen LogP contribution in [-0.2, 0) is 19.1 Å². The predicted molar refractivity (Wildman–Crippen MR) is 113 cm³/mol. The molecule has 2 amide bonds. The van der Waals surface area contributed by atoms with Gasteiger partial charge in [-0.1, -0.05) is 42.0 Å². The monoisotopic (exact) mass is 410 g/mol. The summed E-state index contributed by atoms with van der Waals surface area (Å²) < 4.78 is 5.25. The molecule has 0 saturated heterocycles. The first-order chi connectivity index (χ1) is 14.2. The molecule has 2 aromatic carbocycles.